The van der Waals surface area contributed by atoms with Crippen molar-refractivity contribution in [3.63, 3.8) is 0 Å². The molecular weight excluding hydrogens is 298 g/mol. The van der Waals surface area contributed by atoms with Crippen molar-refractivity contribution < 1.29 is 27.5 Å². The molecular formula is C13H19NO6S. The van der Waals surface area contributed by atoms with E-state index in [1.165, 1.54) is 12.1 Å². The minimum atomic E-state index is -3.23. The van der Waals surface area contributed by atoms with Gasteiger partial charge in [-0.05, 0) is 32.4 Å². The lowest BCUT2D eigenvalue weighted by Gasteiger charge is -2.24. The number of rotatable bonds is 7. The van der Waals surface area contributed by atoms with E-state index in [2.05, 4.69) is 5.32 Å². The zero-order valence-corrected chi connectivity index (χ0v) is 13.0. The van der Waals surface area contributed by atoms with Crippen molar-refractivity contribution in [1.29, 1.82) is 0 Å². The van der Waals surface area contributed by atoms with Gasteiger partial charge in [0, 0.05) is 18.2 Å². The fourth-order valence-corrected chi connectivity index (χ4v) is 2.36. The predicted octanol–water partition coefficient (Wildman–Crippen LogP) is 1.20. The summed E-state index contributed by atoms with van der Waals surface area (Å²) in [6.45, 7) is 3.41. The van der Waals surface area contributed by atoms with Gasteiger partial charge >= 0.3 is 5.97 Å². The standard InChI is InChI=1S/C13H19NO6S/c1-13(2,7-6-11(15)16)14-12(17)10-5-4-9(20-10)8-21(3,18)19/h4-5H,6-8H2,1-3H3,(H,14,17)(H,15,16). The summed E-state index contributed by atoms with van der Waals surface area (Å²) < 4.78 is 27.5. The second-order valence-electron chi connectivity index (χ2n) is 5.57. The second kappa shape index (κ2) is 6.30. The summed E-state index contributed by atoms with van der Waals surface area (Å²) in [7, 11) is -3.23. The smallest absolute Gasteiger partial charge is 0.303 e. The van der Waals surface area contributed by atoms with Crippen LogP contribution in [0.5, 0.6) is 0 Å². The number of carbonyl (C=O) groups is 2. The molecule has 1 rings (SSSR count). The molecule has 0 aliphatic heterocycles. The first-order valence-corrected chi connectivity index (χ1v) is 8.35. The molecule has 1 heterocycles. The van der Waals surface area contributed by atoms with Crippen LogP contribution in [0.3, 0.4) is 0 Å². The van der Waals surface area contributed by atoms with Crippen molar-refractivity contribution in [2.75, 3.05) is 6.26 Å². The van der Waals surface area contributed by atoms with Crippen LogP contribution in [0.15, 0.2) is 16.5 Å². The van der Waals surface area contributed by atoms with Crippen LogP contribution in [0.25, 0.3) is 0 Å². The Bertz CT molecular complexity index is 629. The molecule has 21 heavy (non-hydrogen) atoms. The molecule has 7 nitrogen and oxygen atoms in total. The van der Waals surface area contributed by atoms with Gasteiger partial charge in [-0.2, -0.15) is 0 Å². The molecule has 118 valence electrons. The third-order valence-electron chi connectivity index (χ3n) is 2.71. The van der Waals surface area contributed by atoms with Gasteiger partial charge in [0.05, 0.1) is 0 Å². The quantitative estimate of drug-likeness (QED) is 0.781. The van der Waals surface area contributed by atoms with Gasteiger partial charge in [0.2, 0.25) is 0 Å². The van der Waals surface area contributed by atoms with Gasteiger partial charge in [0.25, 0.3) is 5.91 Å². The summed E-state index contributed by atoms with van der Waals surface area (Å²) in [4.78, 5) is 22.5. The van der Waals surface area contributed by atoms with Crippen molar-refractivity contribution in [3.05, 3.63) is 23.7 Å². The summed E-state index contributed by atoms with van der Waals surface area (Å²) in [5.41, 5.74) is -0.709. The highest BCUT2D eigenvalue weighted by molar-refractivity contribution is 7.89. The Labute approximate surface area is 123 Å². The van der Waals surface area contributed by atoms with Gasteiger partial charge in [-0.15, -0.1) is 0 Å². The van der Waals surface area contributed by atoms with E-state index in [0.717, 1.165) is 6.26 Å². The van der Waals surface area contributed by atoms with E-state index in [1.54, 1.807) is 13.8 Å². The average molecular weight is 317 g/mol. The number of sulfone groups is 1. The molecule has 0 atom stereocenters. The number of carboxylic acids is 1. The molecule has 8 heteroatoms. The van der Waals surface area contributed by atoms with E-state index in [0.29, 0.717) is 0 Å². The number of furan rings is 1. The number of amides is 1. The van der Waals surface area contributed by atoms with Crippen LogP contribution in [-0.4, -0.2) is 37.2 Å². The molecule has 0 aliphatic rings. The monoisotopic (exact) mass is 317 g/mol. The molecule has 0 unspecified atom stereocenters. The van der Waals surface area contributed by atoms with Crippen LogP contribution >= 0.6 is 0 Å². The van der Waals surface area contributed by atoms with Crippen molar-refractivity contribution in [3.8, 4) is 0 Å². The molecule has 1 aromatic rings. The van der Waals surface area contributed by atoms with Crippen LogP contribution in [0, 0.1) is 0 Å². The normalized spacial score (nSPS) is 12.1. The zero-order chi connectivity index (χ0) is 16.3. The van der Waals surface area contributed by atoms with Crippen molar-refractivity contribution in [1.82, 2.24) is 5.32 Å². The highest BCUT2D eigenvalue weighted by atomic mass is 32.2. The van der Waals surface area contributed by atoms with E-state index in [4.69, 9.17) is 9.52 Å². The number of aliphatic carboxylic acids is 1. The number of carboxylic acid groups (broad SMARTS) is 1. The fraction of sp³-hybridized carbons (Fsp3) is 0.538. The van der Waals surface area contributed by atoms with Gasteiger partial charge in [-0.25, -0.2) is 8.42 Å². The van der Waals surface area contributed by atoms with Crippen LogP contribution in [0.4, 0.5) is 0 Å². The fourth-order valence-electron chi connectivity index (χ4n) is 1.69. The molecule has 0 bridgehead atoms. The molecule has 0 saturated heterocycles. The summed E-state index contributed by atoms with van der Waals surface area (Å²) in [6.07, 6.45) is 1.28. The van der Waals surface area contributed by atoms with Gasteiger partial charge in [0.1, 0.15) is 11.5 Å². The Morgan fingerprint density at radius 1 is 1.33 bits per heavy atom. The Hall–Kier alpha value is -1.83. The van der Waals surface area contributed by atoms with Gasteiger partial charge in [-0.1, -0.05) is 0 Å². The predicted molar refractivity (Wildman–Crippen MR) is 75.7 cm³/mol. The number of hydrogen-bond acceptors (Lipinski definition) is 5. The first-order valence-electron chi connectivity index (χ1n) is 6.29. The highest BCUT2D eigenvalue weighted by Gasteiger charge is 2.24. The third-order valence-corrected chi connectivity index (χ3v) is 3.51. The van der Waals surface area contributed by atoms with Crippen molar-refractivity contribution >= 4 is 21.7 Å². The lowest BCUT2D eigenvalue weighted by atomic mass is 9.98. The SMILES string of the molecule is CC(C)(CCC(=O)O)NC(=O)c1ccc(CS(C)(=O)=O)o1. The maximum Gasteiger partial charge on any atom is 0.303 e. The second-order valence-corrected chi connectivity index (χ2v) is 7.71. The van der Waals surface area contributed by atoms with Crippen LogP contribution < -0.4 is 5.32 Å². The van der Waals surface area contributed by atoms with E-state index in [9.17, 15) is 18.0 Å². The maximum absolute atomic E-state index is 12.0. The molecule has 0 spiro atoms. The highest BCUT2D eigenvalue weighted by Crippen LogP contribution is 2.15. The molecule has 0 aliphatic carbocycles. The summed E-state index contributed by atoms with van der Waals surface area (Å²) in [5, 5.41) is 11.3. The van der Waals surface area contributed by atoms with Gasteiger partial charge in [-0.3, -0.25) is 9.59 Å². The number of carbonyl (C=O) groups excluding carboxylic acids is 1. The lowest BCUT2D eigenvalue weighted by Crippen LogP contribution is -2.43. The molecule has 0 radical (unpaired) electrons. The van der Waals surface area contributed by atoms with Crippen LogP contribution in [0.1, 0.15) is 43.0 Å². The first kappa shape index (κ1) is 17.2. The molecule has 1 amide bonds. The van der Waals surface area contributed by atoms with Crippen molar-refractivity contribution in [2.24, 2.45) is 0 Å². The van der Waals surface area contributed by atoms with E-state index < -0.39 is 27.3 Å². The maximum atomic E-state index is 12.0. The van der Waals surface area contributed by atoms with E-state index in [-0.39, 0.29) is 30.1 Å². The zero-order valence-electron chi connectivity index (χ0n) is 12.2. The topological polar surface area (TPSA) is 114 Å². The Morgan fingerprint density at radius 2 is 1.95 bits per heavy atom. The Kier molecular flexibility index (Phi) is 5.16. The lowest BCUT2D eigenvalue weighted by molar-refractivity contribution is -0.137. The van der Waals surface area contributed by atoms with E-state index in [1.807, 2.05) is 0 Å². The largest absolute Gasteiger partial charge is 0.481 e. The Morgan fingerprint density at radius 3 is 2.48 bits per heavy atom. The minimum absolute atomic E-state index is 0.00273. The van der Waals surface area contributed by atoms with Gasteiger partial charge in [0.15, 0.2) is 15.6 Å². The minimum Gasteiger partial charge on any atom is -0.481 e. The van der Waals surface area contributed by atoms with E-state index >= 15 is 0 Å². The van der Waals surface area contributed by atoms with Crippen LogP contribution in [0.2, 0.25) is 0 Å². The molecule has 0 fully saturated rings. The molecule has 1 aromatic heterocycles. The molecule has 0 saturated carbocycles. The summed E-state index contributed by atoms with van der Waals surface area (Å²) in [5.74, 6) is -1.54. The van der Waals surface area contributed by atoms with Crippen molar-refractivity contribution in [2.45, 2.75) is 38.0 Å². The molecule has 0 aromatic carbocycles. The number of nitrogens with one attached hydrogen (secondary N) is 1. The molecule has 2 N–H and O–H groups in total. The summed E-state index contributed by atoms with van der Waals surface area (Å²) >= 11 is 0. The summed E-state index contributed by atoms with van der Waals surface area (Å²) in [6, 6.07) is 2.82. The Balaban J connectivity index is 2.69. The third kappa shape index (κ3) is 6.44. The van der Waals surface area contributed by atoms with Gasteiger partial charge < -0.3 is 14.8 Å². The number of hydrogen-bond donors (Lipinski definition) is 2. The van der Waals surface area contributed by atoms with Crippen LogP contribution in [-0.2, 0) is 20.4 Å². The first-order chi connectivity index (χ1) is 9.48. The average Bonchev–Trinajstić information content (AvgIpc) is 2.72.